The molecule has 1 atom stereocenters. The lowest BCUT2D eigenvalue weighted by atomic mass is 9.81. The minimum atomic E-state index is -0.718. The molecule has 21 heavy (non-hydrogen) atoms. The maximum atomic E-state index is 12.5. The van der Waals surface area contributed by atoms with Crippen molar-refractivity contribution in [2.45, 2.75) is 52.1 Å². The lowest BCUT2D eigenvalue weighted by molar-refractivity contribution is -0.145. The highest BCUT2D eigenvalue weighted by atomic mass is 16.5. The number of amides is 1. The summed E-state index contributed by atoms with van der Waals surface area (Å²) in [5.74, 6) is -0.237. The van der Waals surface area contributed by atoms with Gasteiger partial charge in [-0.1, -0.05) is 13.8 Å². The smallest absolute Gasteiger partial charge is 0.306 e. The largest absolute Gasteiger partial charge is 0.481 e. The molecular weight excluding hydrogens is 270 g/mol. The van der Waals surface area contributed by atoms with Gasteiger partial charge in [0.25, 0.3) is 0 Å². The van der Waals surface area contributed by atoms with E-state index < -0.39 is 5.97 Å². The molecule has 1 amide bonds. The quantitative estimate of drug-likeness (QED) is 0.844. The van der Waals surface area contributed by atoms with E-state index in [1.165, 1.54) is 0 Å². The van der Waals surface area contributed by atoms with Gasteiger partial charge in [-0.3, -0.25) is 9.59 Å². The van der Waals surface area contributed by atoms with Gasteiger partial charge < -0.3 is 14.7 Å². The molecule has 1 aliphatic carbocycles. The van der Waals surface area contributed by atoms with Crippen LogP contribution in [0.1, 0.15) is 46.0 Å². The molecule has 1 saturated carbocycles. The molecule has 1 heterocycles. The summed E-state index contributed by atoms with van der Waals surface area (Å²) in [4.78, 5) is 25.3. The second kappa shape index (κ2) is 7.25. The van der Waals surface area contributed by atoms with Crippen LogP contribution in [0.3, 0.4) is 0 Å². The lowest BCUT2D eigenvalue weighted by Gasteiger charge is -2.28. The van der Waals surface area contributed by atoms with Crippen LogP contribution in [0.2, 0.25) is 0 Å². The molecule has 1 aliphatic heterocycles. The number of carbonyl (C=O) groups excluding carboxylic acids is 1. The zero-order chi connectivity index (χ0) is 15.4. The maximum Gasteiger partial charge on any atom is 0.306 e. The number of aliphatic carboxylic acids is 1. The van der Waals surface area contributed by atoms with Crippen molar-refractivity contribution in [2.75, 3.05) is 19.7 Å². The first-order valence-corrected chi connectivity index (χ1v) is 8.10. The minimum Gasteiger partial charge on any atom is -0.481 e. The SMILES string of the molecule is CC(C)COC1CCN(C(=O)C2CCC(C(=O)O)CC2)C1. The maximum absolute atomic E-state index is 12.5. The summed E-state index contributed by atoms with van der Waals surface area (Å²) >= 11 is 0. The second-order valence-electron chi connectivity index (χ2n) is 6.81. The van der Waals surface area contributed by atoms with Crippen LogP contribution < -0.4 is 0 Å². The molecule has 2 rings (SSSR count). The van der Waals surface area contributed by atoms with Gasteiger partial charge >= 0.3 is 5.97 Å². The average molecular weight is 297 g/mol. The molecule has 0 radical (unpaired) electrons. The van der Waals surface area contributed by atoms with Crippen LogP contribution in [0.15, 0.2) is 0 Å². The van der Waals surface area contributed by atoms with Crippen LogP contribution in [-0.4, -0.2) is 47.7 Å². The first-order valence-electron chi connectivity index (χ1n) is 8.10. The Morgan fingerprint density at radius 1 is 1.14 bits per heavy atom. The normalized spacial score (nSPS) is 29.9. The third-order valence-electron chi connectivity index (χ3n) is 4.55. The Balaban J connectivity index is 1.76. The first kappa shape index (κ1) is 16.3. The van der Waals surface area contributed by atoms with Gasteiger partial charge in [0, 0.05) is 25.6 Å². The van der Waals surface area contributed by atoms with Gasteiger partial charge in [-0.2, -0.15) is 0 Å². The molecule has 0 aromatic carbocycles. The molecule has 120 valence electrons. The molecule has 5 nitrogen and oxygen atoms in total. The van der Waals surface area contributed by atoms with E-state index in [-0.39, 0.29) is 23.8 Å². The predicted molar refractivity (Wildman–Crippen MR) is 78.9 cm³/mol. The summed E-state index contributed by atoms with van der Waals surface area (Å²) in [5, 5.41) is 9.00. The van der Waals surface area contributed by atoms with Crippen LogP contribution in [0.5, 0.6) is 0 Å². The van der Waals surface area contributed by atoms with Crippen molar-refractivity contribution >= 4 is 11.9 Å². The fraction of sp³-hybridized carbons (Fsp3) is 0.875. The van der Waals surface area contributed by atoms with E-state index in [9.17, 15) is 9.59 Å². The number of carboxylic acid groups (broad SMARTS) is 1. The summed E-state index contributed by atoms with van der Waals surface area (Å²) in [6.07, 6.45) is 3.78. The van der Waals surface area contributed by atoms with Gasteiger partial charge in [0.1, 0.15) is 0 Å². The molecule has 2 aliphatic rings. The standard InChI is InChI=1S/C16H27NO4/c1-11(2)10-21-14-7-8-17(9-14)15(18)12-3-5-13(6-4-12)16(19)20/h11-14H,3-10H2,1-2H3,(H,19,20). The van der Waals surface area contributed by atoms with E-state index in [0.717, 1.165) is 19.6 Å². The highest BCUT2D eigenvalue weighted by Gasteiger charge is 2.35. The van der Waals surface area contributed by atoms with Gasteiger partial charge in [-0.15, -0.1) is 0 Å². The number of likely N-dealkylation sites (tertiary alicyclic amines) is 1. The van der Waals surface area contributed by atoms with Crippen molar-refractivity contribution in [2.24, 2.45) is 17.8 Å². The van der Waals surface area contributed by atoms with Crippen LogP contribution in [0, 0.1) is 17.8 Å². The zero-order valence-electron chi connectivity index (χ0n) is 13.1. The number of hydrogen-bond acceptors (Lipinski definition) is 3. The number of nitrogens with zero attached hydrogens (tertiary/aromatic N) is 1. The van der Waals surface area contributed by atoms with E-state index in [0.29, 0.717) is 38.1 Å². The van der Waals surface area contributed by atoms with Gasteiger partial charge in [0.15, 0.2) is 0 Å². The van der Waals surface area contributed by atoms with Crippen molar-refractivity contribution in [3.05, 3.63) is 0 Å². The fourth-order valence-corrected chi connectivity index (χ4v) is 3.24. The topological polar surface area (TPSA) is 66.8 Å². The highest BCUT2D eigenvalue weighted by Crippen LogP contribution is 2.31. The Hall–Kier alpha value is -1.10. The lowest BCUT2D eigenvalue weighted by Crippen LogP contribution is -2.37. The molecule has 0 bridgehead atoms. The first-order chi connectivity index (χ1) is 9.97. The van der Waals surface area contributed by atoms with E-state index >= 15 is 0 Å². The fourth-order valence-electron chi connectivity index (χ4n) is 3.24. The summed E-state index contributed by atoms with van der Waals surface area (Å²) < 4.78 is 5.81. The van der Waals surface area contributed by atoms with Crippen molar-refractivity contribution in [1.29, 1.82) is 0 Å². The van der Waals surface area contributed by atoms with Crippen molar-refractivity contribution in [3.8, 4) is 0 Å². The summed E-state index contributed by atoms with van der Waals surface area (Å²) in [7, 11) is 0. The Kier molecular flexibility index (Phi) is 5.62. The number of rotatable bonds is 5. The Labute approximate surface area is 126 Å². The van der Waals surface area contributed by atoms with Gasteiger partial charge in [-0.25, -0.2) is 0 Å². The average Bonchev–Trinajstić information content (AvgIpc) is 2.93. The summed E-state index contributed by atoms with van der Waals surface area (Å²) in [6, 6.07) is 0. The van der Waals surface area contributed by atoms with Crippen molar-refractivity contribution < 1.29 is 19.4 Å². The third-order valence-corrected chi connectivity index (χ3v) is 4.55. The van der Waals surface area contributed by atoms with E-state index in [4.69, 9.17) is 9.84 Å². The molecule has 1 N–H and O–H groups in total. The molecule has 0 aromatic rings. The van der Waals surface area contributed by atoms with Gasteiger partial charge in [0.05, 0.1) is 12.0 Å². The van der Waals surface area contributed by atoms with Gasteiger partial charge in [0.2, 0.25) is 5.91 Å². The van der Waals surface area contributed by atoms with E-state index in [1.807, 2.05) is 4.90 Å². The molecule has 0 aromatic heterocycles. The molecule has 1 saturated heterocycles. The number of hydrogen-bond donors (Lipinski definition) is 1. The van der Waals surface area contributed by atoms with Crippen LogP contribution >= 0.6 is 0 Å². The highest BCUT2D eigenvalue weighted by molar-refractivity contribution is 5.79. The molecular formula is C16H27NO4. The Bertz CT molecular complexity index is 374. The van der Waals surface area contributed by atoms with Crippen molar-refractivity contribution in [1.82, 2.24) is 4.90 Å². The molecule has 1 unspecified atom stereocenters. The molecule has 2 fully saturated rings. The zero-order valence-corrected chi connectivity index (χ0v) is 13.1. The number of carbonyl (C=O) groups is 2. The predicted octanol–water partition coefficient (Wildman–Crippen LogP) is 2.15. The van der Waals surface area contributed by atoms with Crippen LogP contribution in [-0.2, 0) is 14.3 Å². The minimum absolute atomic E-state index is 0.0180. The van der Waals surface area contributed by atoms with E-state index in [2.05, 4.69) is 13.8 Å². The molecule has 0 spiro atoms. The molecule has 5 heteroatoms. The van der Waals surface area contributed by atoms with Crippen LogP contribution in [0.25, 0.3) is 0 Å². The number of carboxylic acids is 1. The Morgan fingerprint density at radius 3 is 2.33 bits per heavy atom. The number of ether oxygens (including phenoxy) is 1. The summed E-state index contributed by atoms with van der Waals surface area (Å²) in [5.41, 5.74) is 0. The second-order valence-corrected chi connectivity index (χ2v) is 6.81. The van der Waals surface area contributed by atoms with Crippen LogP contribution in [0.4, 0.5) is 0 Å². The summed E-state index contributed by atoms with van der Waals surface area (Å²) in [6.45, 7) is 6.47. The van der Waals surface area contributed by atoms with Crippen molar-refractivity contribution in [3.63, 3.8) is 0 Å². The Morgan fingerprint density at radius 2 is 1.76 bits per heavy atom. The van der Waals surface area contributed by atoms with Gasteiger partial charge in [-0.05, 0) is 38.0 Å². The third kappa shape index (κ3) is 4.43. The monoisotopic (exact) mass is 297 g/mol. The van der Waals surface area contributed by atoms with E-state index in [1.54, 1.807) is 0 Å².